The summed E-state index contributed by atoms with van der Waals surface area (Å²) >= 11 is 0. The van der Waals surface area contributed by atoms with Crippen LogP contribution in [0.2, 0.25) is 0 Å². The van der Waals surface area contributed by atoms with Crippen LogP contribution in [0.3, 0.4) is 0 Å². The van der Waals surface area contributed by atoms with Crippen LogP contribution < -0.4 is 10.2 Å². The number of para-hydroxylation sites is 1. The van der Waals surface area contributed by atoms with Crippen LogP contribution in [0.1, 0.15) is 31.2 Å². The summed E-state index contributed by atoms with van der Waals surface area (Å²) in [6.07, 6.45) is 2.11. The van der Waals surface area contributed by atoms with Crippen molar-refractivity contribution >= 4 is 17.6 Å². The molecule has 1 saturated heterocycles. The lowest BCUT2D eigenvalue weighted by molar-refractivity contribution is -0.138. The number of hydrogen-bond donors (Lipinski definition) is 2. The summed E-state index contributed by atoms with van der Waals surface area (Å²) in [6, 6.07) is 7.10. The molecule has 1 fully saturated rings. The molecule has 1 amide bonds. The minimum Gasteiger partial charge on any atom is -0.481 e. The van der Waals surface area contributed by atoms with Gasteiger partial charge in [-0.1, -0.05) is 25.1 Å². The van der Waals surface area contributed by atoms with Crippen molar-refractivity contribution in [2.24, 2.45) is 5.92 Å². The van der Waals surface area contributed by atoms with Gasteiger partial charge in [-0.2, -0.15) is 0 Å². The van der Waals surface area contributed by atoms with Crippen molar-refractivity contribution in [1.29, 1.82) is 0 Å². The number of carboxylic acid groups (broad SMARTS) is 1. The van der Waals surface area contributed by atoms with Crippen molar-refractivity contribution in [2.75, 3.05) is 18.0 Å². The molecule has 0 aliphatic carbocycles. The lowest BCUT2D eigenvalue weighted by Crippen LogP contribution is -2.52. The van der Waals surface area contributed by atoms with E-state index in [2.05, 4.69) is 12.2 Å². The van der Waals surface area contributed by atoms with Crippen LogP contribution in [0.15, 0.2) is 24.3 Å². The minimum absolute atomic E-state index is 0.00148. The average Bonchev–Trinajstić information content (AvgIpc) is 2.87. The lowest BCUT2D eigenvalue weighted by Gasteiger charge is -2.32. The number of amides is 1. The summed E-state index contributed by atoms with van der Waals surface area (Å²) < 4.78 is 0. The molecule has 0 spiro atoms. The number of hydrogen-bond acceptors (Lipinski definition) is 3. The van der Waals surface area contributed by atoms with E-state index in [1.165, 1.54) is 0 Å². The number of piperidine rings is 1. The molecule has 2 aliphatic rings. The van der Waals surface area contributed by atoms with Crippen LogP contribution in [-0.4, -0.2) is 36.1 Å². The molecular weight excluding hydrogens is 268 g/mol. The molecule has 2 N–H and O–H groups in total. The third-order valence-electron chi connectivity index (χ3n) is 4.57. The van der Waals surface area contributed by atoms with Gasteiger partial charge in [0.25, 0.3) is 0 Å². The monoisotopic (exact) mass is 288 g/mol. The van der Waals surface area contributed by atoms with E-state index in [0.717, 1.165) is 30.6 Å². The van der Waals surface area contributed by atoms with Crippen LogP contribution in [0.4, 0.5) is 5.69 Å². The van der Waals surface area contributed by atoms with E-state index in [4.69, 9.17) is 0 Å². The molecule has 1 aromatic carbocycles. The second kappa shape index (κ2) is 5.48. The topological polar surface area (TPSA) is 69.6 Å². The molecule has 0 aromatic heterocycles. The first-order chi connectivity index (χ1) is 10.1. The first kappa shape index (κ1) is 14.1. The van der Waals surface area contributed by atoms with Crippen molar-refractivity contribution in [2.45, 2.75) is 31.7 Å². The van der Waals surface area contributed by atoms with Crippen molar-refractivity contribution < 1.29 is 14.7 Å². The van der Waals surface area contributed by atoms with E-state index in [9.17, 15) is 14.7 Å². The van der Waals surface area contributed by atoms with Crippen molar-refractivity contribution in [1.82, 2.24) is 5.32 Å². The molecule has 5 heteroatoms. The highest BCUT2D eigenvalue weighted by Crippen LogP contribution is 2.37. The first-order valence-electron chi connectivity index (χ1n) is 7.46. The Hall–Kier alpha value is -1.88. The summed E-state index contributed by atoms with van der Waals surface area (Å²) in [6.45, 7) is 3.16. The molecule has 1 aromatic rings. The number of carbonyl (C=O) groups excluding carboxylic acids is 1. The highest BCUT2D eigenvalue weighted by molar-refractivity contribution is 6.01. The molecule has 0 bridgehead atoms. The fourth-order valence-electron chi connectivity index (χ4n) is 3.38. The van der Waals surface area contributed by atoms with Gasteiger partial charge in [0.1, 0.15) is 5.92 Å². The molecule has 112 valence electrons. The molecule has 3 rings (SSSR count). The number of carbonyl (C=O) groups is 2. The molecule has 0 saturated carbocycles. The molecule has 3 unspecified atom stereocenters. The highest BCUT2D eigenvalue weighted by Gasteiger charge is 2.40. The number of rotatable bonds is 2. The van der Waals surface area contributed by atoms with Gasteiger partial charge in [-0.05, 0) is 36.9 Å². The van der Waals surface area contributed by atoms with Crippen molar-refractivity contribution in [3.05, 3.63) is 29.8 Å². The van der Waals surface area contributed by atoms with Gasteiger partial charge in [0.2, 0.25) is 5.91 Å². The third-order valence-corrected chi connectivity index (χ3v) is 4.57. The first-order valence-corrected chi connectivity index (χ1v) is 7.46. The molecule has 2 heterocycles. The Morgan fingerprint density at radius 1 is 1.33 bits per heavy atom. The summed E-state index contributed by atoms with van der Waals surface area (Å²) in [7, 11) is 0. The molecule has 2 aliphatic heterocycles. The maximum absolute atomic E-state index is 12.8. The number of aliphatic carboxylic acids is 1. The van der Waals surface area contributed by atoms with Crippen LogP contribution in [0, 0.1) is 5.92 Å². The van der Waals surface area contributed by atoms with E-state index in [-0.39, 0.29) is 24.4 Å². The van der Waals surface area contributed by atoms with Gasteiger partial charge in [-0.15, -0.1) is 0 Å². The number of carboxylic acids is 1. The summed E-state index contributed by atoms with van der Waals surface area (Å²) in [5, 5.41) is 12.7. The standard InChI is InChI=1S/C16H20N2O3/c1-10-5-4-8-17-14(10)15(19)18-9-12(16(20)21)11-6-2-3-7-13(11)18/h2-3,6-7,10,12,14,17H,4-5,8-9H2,1H3,(H,20,21). The summed E-state index contributed by atoms with van der Waals surface area (Å²) in [5.74, 6) is -1.22. The van der Waals surface area contributed by atoms with E-state index < -0.39 is 11.9 Å². The van der Waals surface area contributed by atoms with Crippen LogP contribution in [-0.2, 0) is 9.59 Å². The Morgan fingerprint density at radius 3 is 2.81 bits per heavy atom. The Morgan fingerprint density at radius 2 is 2.10 bits per heavy atom. The van der Waals surface area contributed by atoms with E-state index in [0.29, 0.717) is 0 Å². The number of fused-ring (bicyclic) bond motifs is 1. The van der Waals surface area contributed by atoms with Crippen molar-refractivity contribution in [3.8, 4) is 0 Å². The van der Waals surface area contributed by atoms with Crippen molar-refractivity contribution in [3.63, 3.8) is 0 Å². The van der Waals surface area contributed by atoms with Gasteiger partial charge in [-0.25, -0.2) is 0 Å². The smallest absolute Gasteiger partial charge is 0.312 e. The van der Waals surface area contributed by atoms with Gasteiger partial charge in [0, 0.05) is 12.2 Å². The third kappa shape index (κ3) is 2.42. The van der Waals surface area contributed by atoms with E-state index >= 15 is 0 Å². The zero-order valence-electron chi connectivity index (χ0n) is 12.1. The van der Waals surface area contributed by atoms with E-state index in [1.54, 1.807) is 11.0 Å². The lowest BCUT2D eigenvalue weighted by atomic mass is 9.92. The van der Waals surface area contributed by atoms with E-state index in [1.807, 2.05) is 18.2 Å². The van der Waals surface area contributed by atoms with Gasteiger partial charge in [0.15, 0.2) is 0 Å². The van der Waals surface area contributed by atoms with Crippen LogP contribution in [0.5, 0.6) is 0 Å². The minimum atomic E-state index is -0.873. The SMILES string of the molecule is CC1CCCNC1C(=O)N1CC(C(=O)O)c2ccccc21. The van der Waals surface area contributed by atoms with Gasteiger partial charge in [0.05, 0.1) is 6.04 Å². The quantitative estimate of drug-likeness (QED) is 0.867. The highest BCUT2D eigenvalue weighted by atomic mass is 16.4. The maximum Gasteiger partial charge on any atom is 0.312 e. The normalized spacial score (nSPS) is 28.2. The van der Waals surface area contributed by atoms with Gasteiger partial charge in [-0.3, -0.25) is 9.59 Å². The molecule has 5 nitrogen and oxygen atoms in total. The zero-order valence-corrected chi connectivity index (χ0v) is 12.1. The largest absolute Gasteiger partial charge is 0.481 e. The Balaban J connectivity index is 1.89. The molecule has 3 atom stereocenters. The molecule has 21 heavy (non-hydrogen) atoms. The summed E-state index contributed by atoms with van der Waals surface area (Å²) in [5.41, 5.74) is 1.48. The second-order valence-corrected chi connectivity index (χ2v) is 5.95. The number of nitrogens with zero attached hydrogens (tertiary/aromatic N) is 1. The van der Waals surface area contributed by atoms with Crippen LogP contribution in [0.25, 0.3) is 0 Å². The Labute approximate surface area is 123 Å². The predicted molar refractivity (Wildman–Crippen MR) is 79.4 cm³/mol. The predicted octanol–water partition coefficient (Wildman–Crippen LogP) is 1.59. The fourth-order valence-corrected chi connectivity index (χ4v) is 3.38. The Bertz CT molecular complexity index is 572. The van der Waals surface area contributed by atoms with Gasteiger partial charge < -0.3 is 15.3 Å². The number of benzene rings is 1. The zero-order chi connectivity index (χ0) is 15.0. The summed E-state index contributed by atoms with van der Waals surface area (Å²) in [4.78, 5) is 25.9. The molecular formula is C16H20N2O3. The molecule has 0 radical (unpaired) electrons. The fraction of sp³-hybridized carbons (Fsp3) is 0.500. The second-order valence-electron chi connectivity index (χ2n) is 5.95. The maximum atomic E-state index is 12.8. The Kier molecular flexibility index (Phi) is 3.68. The number of anilines is 1. The van der Waals surface area contributed by atoms with Gasteiger partial charge >= 0.3 is 5.97 Å². The number of nitrogens with one attached hydrogen (secondary N) is 1. The van der Waals surface area contributed by atoms with Crippen LogP contribution >= 0.6 is 0 Å². The average molecular weight is 288 g/mol.